The van der Waals surface area contributed by atoms with Crippen molar-refractivity contribution in [3.63, 3.8) is 0 Å². The maximum absolute atomic E-state index is 11.2. The molecule has 0 fully saturated rings. The number of esters is 1. The van der Waals surface area contributed by atoms with Crippen LogP contribution in [0.2, 0.25) is 0 Å². The van der Waals surface area contributed by atoms with E-state index in [0.717, 1.165) is 4.47 Å². The van der Waals surface area contributed by atoms with Crippen LogP contribution in [-0.4, -0.2) is 12.6 Å². The maximum atomic E-state index is 11.2. The summed E-state index contributed by atoms with van der Waals surface area (Å²) in [6, 6.07) is 7.20. The van der Waals surface area contributed by atoms with Crippen molar-refractivity contribution in [1.82, 2.24) is 0 Å². The van der Waals surface area contributed by atoms with Gasteiger partial charge in [-0.05, 0) is 41.6 Å². The second-order valence-corrected chi connectivity index (χ2v) is 3.53. The number of carbonyl (C=O) groups is 1. The van der Waals surface area contributed by atoms with Crippen LogP contribution in [-0.2, 0) is 9.53 Å². The van der Waals surface area contributed by atoms with Gasteiger partial charge in [-0.2, -0.15) is 0 Å². The molecule has 0 N–H and O–H groups in total. The minimum Gasteiger partial charge on any atom is -0.460 e. The predicted molar refractivity (Wildman–Crippen MR) is 60.5 cm³/mol. The standard InChI is InChI=1S/C11H11BrO3/c1-3-14-11(13)8(2)15-10-7-5-4-6-9(10)12/h4-7H,2-3H2,1H3. The molecule has 1 rings (SSSR count). The smallest absolute Gasteiger partial charge is 0.373 e. The number of hydrogen-bond acceptors (Lipinski definition) is 3. The second kappa shape index (κ2) is 5.56. The van der Waals surface area contributed by atoms with Gasteiger partial charge in [0.1, 0.15) is 5.75 Å². The quantitative estimate of drug-likeness (QED) is 0.480. The van der Waals surface area contributed by atoms with Crippen molar-refractivity contribution in [2.24, 2.45) is 0 Å². The molecule has 15 heavy (non-hydrogen) atoms. The van der Waals surface area contributed by atoms with Gasteiger partial charge in [0.25, 0.3) is 0 Å². The highest BCUT2D eigenvalue weighted by Crippen LogP contribution is 2.25. The fourth-order valence-corrected chi connectivity index (χ4v) is 1.28. The Morgan fingerprint density at radius 1 is 1.47 bits per heavy atom. The molecule has 0 amide bonds. The van der Waals surface area contributed by atoms with Crippen LogP contribution in [0.4, 0.5) is 0 Å². The van der Waals surface area contributed by atoms with Gasteiger partial charge in [-0.25, -0.2) is 4.79 Å². The molecule has 0 aliphatic rings. The summed E-state index contributed by atoms with van der Waals surface area (Å²) >= 11 is 3.29. The Kier molecular flexibility index (Phi) is 4.37. The lowest BCUT2D eigenvalue weighted by Crippen LogP contribution is -2.11. The Morgan fingerprint density at radius 3 is 2.73 bits per heavy atom. The molecule has 0 aliphatic heterocycles. The third kappa shape index (κ3) is 3.40. The van der Waals surface area contributed by atoms with Gasteiger partial charge in [0.15, 0.2) is 0 Å². The summed E-state index contributed by atoms with van der Waals surface area (Å²) in [6.45, 7) is 5.52. The number of halogens is 1. The van der Waals surface area contributed by atoms with Crippen molar-refractivity contribution < 1.29 is 14.3 Å². The molecule has 0 unspecified atom stereocenters. The van der Waals surface area contributed by atoms with Crippen LogP contribution >= 0.6 is 15.9 Å². The van der Waals surface area contributed by atoms with Crippen molar-refractivity contribution in [2.45, 2.75) is 6.92 Å². The monoisotopic (exact) mass is 270 g/mol. The molecule has 80 valence electrons. The number of carbonyl (C=O) groups excluding carboxylic acids is 1. The number of rotatable bonds is 4. The third-order valence-corrected chi connectivity index (χ3v) is 2.23. The van der Waals surface area contributed by atoms with Crippen LogP contribution in [0.1, 0.15) is 6.92 Å². The fourth-order valence-electron chi connectivity index (χ4n) is 0.913. The normalized spacial score (nSPS) is 9.47. The van der Waals surface area contributed by atoms with Crippen LogP contribution < -0.4 is 4.74 Å². The lowest BCUT2D eigenvalue weighted by Gasteiger charge is -2.08. The topological polar surface area (TPSA) is 35.5 Å². The molecule has 1 aromatic rings. The van der Waals surface area contributed by atoms with Crippen LogP contribution in [0.15, 0.2) is 41.1 Å². The molecule has 0 spiro atoms. The second-order valence-electron chi connectivity index (χ2n) is 2.68. The van der Waals surface area contributed by atoms with E-state index in [0.29, 0.717) is 12.4 Å². The Morgan fingerprint density at radius 2 is 2.13 bits per heavy atom. The molecule has 0 bridgehead atoms. The predicted octanol–water partition coefficient (Wildman–Crippen LogP) is 2.90. The summed E-state index contributed by atoms with van der Waals surface area (Å²) in [5.74, 6) is -0.0347. The van der Waals surface area contributed by atoms with Gasteiger partial charge in [0.2, 0.25) is 5.76 Å². The lowest BCUT2D eigenvalue weighted by molar-refractivity contribution is -0.140. The summed E-state index contributed by atoms with van der Waals surface area (Å²) < 4.78 is 10.7. The summed E-state index contributed by atoms with van der Waals surface area (Å²) in [5, 5.41) is 0. The average Bonchev–Trinajstić information content (AvgIpc) is 2.21. The van der Waals surface area contributed by atoms with E-state index in [1.807, 2.05) is 12.1 Å². The fraction of sp³-hybridized carbons (Fsp3) is 0.182. The summed E-state index contributed by atoms with van der Waals surface area (Å²) in [7, 11) is 0. The minimum absolute atomic E-state index is 0.0243. The molecule has 0 radical (unpaired) electrons. The van der Waals surface area contributed by atoms with Gasteiger partial charge < -0.3 is 9.47 Å². The first-order valence-electron chi connectivity index (χ1n) is 4.43. The van der Waals surface area contributed by atoms with Crippen LogP contribution in [0.25, 0.3) is 0 Å². The number of para-hydroxylation sites is 1. The molecule has 0 aromatic heterocycles. The molecular formula is C11H11BrO3. The summed E-state index contributed by atoms with van der Waals surface area (Å²) in [5.41, 5.74) is 0. The van der Waals surface area contributed by atoms with Gasteiger partial charge in [0, 0.05) is 0 Å². The first-order valence-corrected chi connectivity index (χ1v) is 5.23. The van der Waals surface area contributed by atoms with Crippen LogP contribution in [0, 0.1) is 0 Å². The Labute approximate surface area is 96.8 Å². The van der Waals surface area contributed by atoms with E-state index in [4.69, 9.17) is 9.47 Å². The molecule has 0 saturated heterocycles. The largest absolute Gasteiger partial charge is 0.460 e. The zero-order valence-electron chi connectivity index (χ0n) is 8.33. The summed E-state index contributed by atoms with van der Waals surface area (Å²) in [4.78, 5) is 11.2. The number of ether oxygens (including phenoxy) is 2. The van der Waals surface area contributed by atoms with E-state index in [-0.39, 0.29) is 5.76 Å². The van der Waals surface area contributed by atoms with Crippen molar-refractivity contribution in [3.05, 3.63) is 41.1 Å². The van der Waals surface area contributed by atoms with Crippen molar-refractivity contribution >= 4 is 21.9 Å². The van der Waals surface area contributed by atoms with Crippen molar-refractivity contribution in [1.29, 1.82) is 0 Å². The van der Waals surface area contributed by atoms with E-state index in [9.17, 15) is 4.79 Å². The van der Waals surface area contributed by atoms with Crippen LogP contribution in [0.3, 0.4) is 0 Å². The summed E-state index contributed by atoms with van der Waals surface area (Å²) in [6.07, 6.45) is 0. The average molecular weight is 271 g/mol. The number of hydrogen-bond donors (Lipinski definition) is 0. The third-order valence-electron chi connectivity index (χ3n) is 1.57. The Balaban J connectivity index is 2.67. The SMILES string of the molecule is C=C(Oc1ccccc1Br)C(=O)OCC. The van der Waals surface area contributed by atoms with Gasteiger partial charge in [-0.15, -0.1) is 0 Å². The molecule has 3 nitrogen and oxygen atoms in total. The highest BCUT2D eigenvalue weighted by molar-refractivity contribution is 9.10. The zero-order valence-corrected chi connectivity index (χ0v) is 9.91. The molecule has 0 heterocycles. The first-order chi connectivity index (χ1) is 7.15. The first kappa shape index (κ1) is 11.8. The highest BCUT2D eigenvalue weighted by atomic mass is 79.9. The van der Waals surface area contributed by atoms with Gasteiger partial charge >= 0.3 is 5.97 Å². The van der Waals surface area contributed by atoms with Crippen LogP contribution in [0.5, 0.6) is 5.75 Å². The zero-order chi connectivity index (χ0) is 11.3. The van der Waals surface area contributed by atoms with Gasteiger partial charge in [-0.3, -0.25) is 0 Å². The highest BCUT2D eigenvalue weighted by Gasteiger charge is 2.11. The van der Waals surface area contributed by atoms with Crippen molar-refractivity contribution in [3.8, 4) is 5.75 Å². The maximum Gasteiger partial charge on any atom is 0.373 e. The molecule has 0 atom stereocenters. The Bertz CT molecular complexity index is 374. The van der Waals surface area contributed by atoms with E-state index in [1.54, 1.807) is 19.1 Å². The van der Waals surface area contributed by atoms with Gasteiger partial charge in [-0.1, -0.05) is 12.1 Å². The van der Waals surface area contributed by atoms with E-state index in [1.165, 1.54) is 0 Å². The van der Waals surface area contributed by atoms with E-state index < -0.39 is 5.97 Å². The Hall–Kier alpha value is -1.29. The van der Waals surface area contributed by atoms with E-state index >= 15 is 0 Å². The molecular weight excluding hydrogens is 260 g/mol. The molecule has 0 aliphatic carbocycles. The van der Waals surface area contributed by atoms with E-state index in [2.05, 4.69) is 22.5 Å². The molecule has 1 aromatic carbocycles. The molecule has 0 saturated carbocycles. The number of benzene rings is 1. The minimum atomic E-state index is -0.548. The molecule has 4 heteroatoms. The lowest BCUT2D eigenvalue weighted by atomic mass is 10.3. The van der Waals surface area contributed by atoms with Gasteiger partial charge in [0.05, 0.1) is 11.1 Å². The van der Waals surface area contributed by atoms with Crippen molar-refractivity contribution in [2.75, 3.05) is 6.61 Å².